The van der Waals surface area contributed by atoms with Gasteiger partial charge in [-0.3, -0.25) is 14.0 Å². The Bertz CT molecular complexity index is 10.1. The summed E-state index contributed by atoms with van der Waals surface area (Å²) in [4.78, 5) is 0. The van der Waals surface area contributed by atoms with Crippen molar-refractivity contribution in [2.24, 2.45) is 0 Å². The van der Waals surface area contributed by atoms with E-state index in [1.807, 2.05) is 0 Å². The van der Waals surface area contributed by atoms with Gasteiger partial charge in [0.2, 0.25) is 0 Å². The van der Waals surface area contributed by atoms with Crippen LogP contribution in [0.2, 0.25) is 0 Å². The van der Waals surface area contributed by atoms with Crippen LogP contribution < -0.4 is 0 Å². The van der Waals surface area contributed by atoms with Gasteiger partial charge in [-0.1, -0.05) is 0 Å². The van der Waals surface area contributed by atoms with Crippen LogP contribution in [0.4, 0.5) is 0 Å². The van der Waals surface area contributed by atoms with Crippen molar-refractivity contribution < 1.29 is 31.0 Å². The van der Waals surface area contributed by atoms with Gasteiger partial charge in [-0.2, -0.15) is 0 Å². The average molecular weight is 221 g/mol. The summed E-state index contributed by atoms with van der Waals surface area (Å²) in [7, 11) is 0. The number of hydrogen-bond donors (Lipinski definition) is 3. The molecule has 0 amide bonds. The fourth-order valence-electron chi connectivity index (χ4n) is 0. The maximum atomic E-state index is 6.47. The van der Waals surface area contributed by atoms with E-state index in [9.17, 15) is 0 Å². The Kier molecular flexibility index (Phi) is 607. The third-order valence-corrected chi connectivity index (χ3v) is 0. The minimum absolute atomic E-state index is 0. The van der Waals surface area contributed by atoms with Crippen LogP contribution in [0.3, 0.4) is 0 Å². The van der Waals surface area contributed by atoms with Crippen LogP contribution in [0.1, 0.15) is 0 Å². The van der Waals surface area contributed by atoms with Crippen LogP contribution in [-0.4, -0.2) is 14.0 Å². The molecule has 0 aliphatic rings. The van der Waals surface area contributed by atoms with Crippen LogP contribution in [0, 0.1) is 0 Å². The van der Waals surface area contributed by atoms with E-state index >= 15 is 0 Å². The molecule has 0 aromatic heterocycles. The molecule has 0 atom stereocenters. The predicted molar refractivity (Wildman–Crippen MR) is 24.2 cm³/mol. The molecule has 0 heterocycles. The van der Waals surface area contributed by atoms with Crippen molar-refractivity contribution in [3.05, 3.63) is 0 Å². The van der Waals surface area contributed by atoms with E-state index in [1.165, 1.54) is 0 Å². The van der Waals surface area contributed by atoms with Gasteiger partial charge in [-0.25, -0.2) is 0 Å². The molecule has 7 heteroatoms. The van der Waals surface area contributed by atoms with E-state index in [4.69, 9.17) is 14.0 Å². The van der Waals surface area contributed by atoms with Gasteiger partial charge in [-0.05, 0) is 0 Å². The van der Waals surface area contributed by atoms with Crippen LogP contribution >= 0.6 is 35.6 Å². The maximum absolute atomic E-state index is 6.47. The van der Waals surface area contributed by atoms with Gasteiger partial charge >= 0.3 is 0 Å². The Morgan fingerprint density at radius 3 is 0.571 bits per heavy atom. The third kappa shape index (κ3) is 125. The van der Waals surface area contributed by atoms with Gasteiger partial charge < -0.3 is 0 Å². The van der Waals surface area contributed by atoms with Gasteiger partial charge in [0.15, 0.2) is 0 Å². The third-order valence-electron chi connectivity index (χ3n) is 0. The summed E-state index contributed by atoms with van der Waals surface area (Å²) in [6.07, 6.45) is 0. The van der Waals surface area contributed by atoms with Crippen LogP contribution in [0.25, 0.3) is 0 Å². The van der Waals surface area contributed by atoms with Crippen molar-refractivity contribution in [2.75, 3.05) is 0 Å². The summed E-state index contributed by atoms with van der Waals surface area (Å²) in [5, 5.41) is 0. The average Bonchev–Trinajstić information content (AvgIpc) is 1.81. The van der Waals surface area contributed by atoms with Gasteiger partial charge in [0.25, 0.3) is 0 Å². The topological polar surface area (TPSA) is 60.7 Å². The van der Waals surface area contributed by atoms with Crippen molar-refractivity contribution in [3.63, 3.8) is 0 Å². The van der Waals surface area contributed by atoms with E-state index in [2.05, 4.69) is 35.6 Å². The molecule has 7 heavy (non-hydrogen) atoms. The molecule has 0 spiro atoms. The van der Waals surface area contributed by atoms with Gasteiger partial charge in [0.1, 0.15) is 0 Å². The second-order valence-electron chi connectivity index (χ2n) is 0. The standard InChI is InChI=1S/3ClHO.Cu/c3*1-2;/h3*2H;. The minimum Gasteiger partial charge on any atom is -0.295 e. The van der Waals surface area contributed by atoms with E-state index in [0.29, 0.717) is 0 Å². The molecule has 3 N–H and O–H groups in total. The van der Waals surface area contributed by atoms with E-state index in [-0.39, 0.29) is 17.1 Å². The first-order valence-corrected chi connectivity index (χ1v) is 1.52. The van der Waals surface area contributed by atoms with E-state index < -0.39 is 0 Å². The summed E-state index contributed by atoms with van der Waals surface area (Å²) in [6.45, 7) is 0. The molecule has 0 aliphatic heterocycles. The normalized spacial score (nSPS) is 2.57. The minimum atomic E-state index is 0. The zero-order valence-corrected chi connectivity index (χ0v) is 5.99. The predicted octanol–water partition coefficient (Wildman–Crippen LogP) is 0.395. The smallest absolute Gasteiger partial charge is 0.0579 e. The first-order valence-electron chi connectivity index (χ1n) is 0.507. The zero-order chi connectivity index (χ0) is 6.00. The Labute approximate surface area is 66.8 Å². The maximum Gasteiger partial charge on any atom is 0.0579 e. The van der Waals surface area contributed by atoms with E-state index in [1.54, 1.807) is 0 Å². The number of rotatable bonds is 0. The quantitative estimate of drug-likeness (QED) is 0.518. The van der Waals surface area contributed by atoms with Crippen molar-refractivity contribution in [1.29, 1.82) is 0 Å². The molecule has 0 rings (SSSR count). The first-order chi connectivity index (χ1) is 3.00. The molecular formula is H3Cl3CuO3. The largest absolute Gasteiger partial charge is 0.295 e. The summed E-state index contributed by atoms with van der Waals surface area (Å²) < 4.78 is 19.4. The van der Waals surface area contributed by atoms with Crippen LogP contribution in [0.15, 0.2) is 0 Å². The molecule has 0 aromatic carbocycles. The molecule has 0 unspecified atom stereocenters. The molecule has 0 fully saturated rings. The van der Waals surface area contributed by atoms with Gasteiger partial charge in [-0.15, -0.1) is 0 Å². The first kappa shape index (κ1) is 24.0. The fraction of sp³-hybridized carbons (Fsp3) is 0. The van der Waals surface area contributed by atoms with Crippen LogP contribution in [-0.2, 0) is 17.1 Å². The van der Waals surface area contributed by atoms with Gasteiger partial charge in [0, 0.05) is 17.1 Å². The molecule has 3 nitrogen and oxygen atoms in total. The van der Waals surface area contributed by atoms with Gasteiger partial charge in [0.05, 0.1) is 35.6 Å². The Morgan fingerprint density at radius 1 is 0.571 bits per heavy atom. The summed E-state index contributed by atoms with van der Waals surface area (Å²) in [6, 6.07) is 0. The Hall–Kier alpha value is 1.27. The van der Waals surface area contributed by atoms with Crippen molar-refractivity contribution >= 4 is 35.6 Å². The summed E-state index contributed by atoms with van der Waals surface area (Å²) in [5.74, 6) is 0. The fourth-order valence-corrected chi connectivity index (χ4v) is 0. The van der Waals surface area contributed by atoms with Crippen molar-refractivity contribution in [3.8, 4) is 0 Å². The van der Waals surface area contributed by atoms with Crippen LogP contribution in [0.5, 0.6) is 0 Å². The second-order valence-corrected chi connectivity index (χ2v) is 0. The Balaban J connectivity index is -0.00000000900. The monoisotopic (exact) mass is 219 g/mol. The number of hydrogen-bond acceptors (Lipinski definition) is 3. The molecule has 0 bridgehead atoms. The molecular weight excluding hydrogens is 218 g/mol. The van der Waals surface area contributed by atoms with Crippen molar-refractivity contribution in [1.82, 2.24) is 0 Å². The molecule has 0 saturated carbocycles. The SMILES string of the molecule is OCl.OCl.OCl.[Cu]. The molecule has 0 aromatic rings. The molecule has 0 aliphatic carbocycles. The molecule has 1 radical (unpaired) electrons. The summed E-state index contributed by atoms with van der Waals surface area (Å²) in [5.41, 5.74) is 0. The second kappa shape index (κ2) is 177. The summed E-state index contributed by atoms with van der Waals surface area (Å²) >= 11 is 10.9. The van der Waals surface area contributed by atoms with Crippen molar-refractivity contribution in [2.45, 2.75) is 0 Å². The van der Waals surface area contributed by atoms with E-state index in [0.717, 1.165) is 0 Å². The zero-order valence-electron chi connectivity index (χ0n) is 2.78. The Morgan fingerprint density at radius 2 is 0.571 bits per heavy atom. The molecule has 0 saturated heterocycles. The molecule has 53 valence electrons. The number of halogens is 3.